The Balaban J connectivity index is 2.03. The number of benzene rings is 3. The molecule has 1 N–H and O–H groups in total. The van der Waals surface area contributed by atoms with Crippen molar-refractivity contribution >= 4 is 27.5 Å². The van der Waals surface area contributed by atoms with E-state index < -0.39 is 28.5 Å². The van der Waals surface area contributed by atoms with Crippen LogP contribution in [0, 0.1) is 6.92 Å². The minimum absolute atomic E-state index is 0.0498. The van der Waals surface area contributed by atoms with Crippen molar-refractivity contribution in [3.05, 3.63) is 96.1 Å². The average Bonchev–Trinajstić information content (AvgIpc) is 2.93. The lowest BCUT2D eigenvalue weighted by Gasteiger charge is -2.34. The Morgan fingerprint density at radius 2 is 1.42 bits per heavy atom. The zero-order chi connectivity index (χ0) is 27.7. The van der Waals surface area contributed by atoms with E-state index in [1.807, 2.05) is 52.0 Å². The predicted molar refractivity (Wildman–Crippen MR) is 151 cm³/mol. The SMILES string of the molecule is CCC(C)NC(=O)C(CC)N(Cc1ccccc1C)C(=O)CN(c1ccccc1)S(=O)(=O)c1ccccc1. The highest BCUT2D eigenvalue weighted by atomic mass is 32.2. The molecule has 0 aliphatic rings. The van der Waals surface area contributed by atoms with Gasteiger partial charge in [0.25, 0.3) is 10.0 Å². The van der Waals surface area contributed by atoms with Crippen molar-refractivity contribution in [2.45, 2.75) is 64.1 Å². The maximum atomic E-state index is 14.0. The van der Waals surface area contributed by atoms with Gasteiger partial charge in [0, 0.05) is 12.6 Å². The van der Waals surface area contributed by atoms with Gasteiger partial charge in [-0.2, -0.15) is 0 Å². The molecular formula is C30H37N3O4S. The van der Waals surface area contributed by atoms with Gasteiger partial charge in [0.2, 0.25) is 11.8 Å². The fourth-order valence-corrected chi connectivity index (χ4v) is 5.61. The Bertz CT molecular complexity index is 1310. The Morgan fingerprint density at radius 3 is 2.00 bits per heavy atom. The molecule has 0 saturated heterocycles. The van der Waals surface area contributed by atoms with E-state index in [0.717, 1.165) is 21.9 Å². The molecule has 0 fully saturated rings. The van der Waals surface area contributed by atoms with Crippen molar-refractivity contribution in [1.82, 2.24) is 10.2 Å². The van der Waals surface area contributed by atoms with Gasteiger partial charge in [0.1, 0.15) is 12.6 Å². The number of rotatable bonds is 12. The Labute approximate surface area is 226 Å². The molecule has 0 aromatic heterocycles. The zero-order valence-corrected chi connectivity index (χ0v) is 23.3. The maximum Gasteiger partial charge on any atom is 0.264 e. The van der Waals surface area contributed by atoms with Gasteiger partial charge in [0.15, 0.2) is 0 Å². The predicted octanol–water partition coefficient (Wildman–Crippen LogP) is 4.91. The second kappa shape index (κ2) is 13.2. The first-order valence-corrected chi connectivity index (χ1v) is 14.4. The van der Waals surface area contributed by atoms with Crippen molar-refractivity contribution in [1.29, 1.82) is 0 Å². The fourth-order valence-electron chi connectivity index (χ4n) is 4.17. The molecule has 0 spiro atoms. The van der Waals surface area contributed by atoms with Gasteiger partial charge in [-0.3, -0.25) is 13.9 Å². The quantitative estimate of drug-likeness (QED) is 0.357. The zero-order valence-electron chi connectivity index (χ0n) is 22.5. The van der Waals surface area contributed by atoms with E-state index in [4.69, 9.17) is 0 Å². The maximum absolute atomic E-state index is 14.0. The molecule has 0 saturated carbocycles. The summed E-state index contributed by atoms with van der Waals surface area (Å²) in [5, 5.41) is 2.99. The second-order valence-corrected chi connectivity index (χ2v) is 11.2. The van der Waals surface area contributed by atoms with Crippen LogP contribution in [0.3, 0.4) is 0 Å². The van der Waals surface area contributed by atoms with Crippen LogP contribution in [0.1, 0.15) is 44.7 Å². The minimum atomic E-state index is -4.05. The highest BCUT2D eigenvalue weighted by molar-refractivity contribution is 7.92. The van der Waals surface area contributed by atoms with E-state index in [1.165, 1.54) is 17.0 Å². The number of para-hydroxylation sites is 1. The van der Waals surface area contributed by atoms with Crippen LogP contribution in [0.4, 0.5) is 5.69 Å². The number of carbonyl (C=O) groups excluding carboxylic acids is 2. The molecule has 3 rings (SSSR count). The van der Waals surface area contributed by atoms with E-state index in [9.17, 15) is 18.0 Å². The van der Waals surface area contributed by atoms with Gasteiger partial charge in [-0.05, 0) is 62.1 Å². The molecule has 3 aromatic rings. The molecule has 0 radical (unpaired) electrons. The minimum Gasteiger partial charge on any atom is -0.352 e. The first-order valence-electron chi connectivity index (χ1n) is 13.0. The molecule has 8 heteroatoms. The Hall–Kier alpha value is -3.65. The molecule has 0 heterocycles. The number of aryl methyl sites for hydroxylation is 1. The van der Waals surface area contributed by atoms with Crippen LogP contribution < -0.4 is 9.62 Å². The summed E-state index contributed by atoms with van der Waals surface area (Å²) >= 11 is 0. The third-order valence-electron chi connectivity index (χ3n) is 6.64. The summed E-state index contributed by atoms with van der Waals surface area (Å²) < 4.78 is 28.6. The molecule has 2 atom stereocenters. The van der Waals surface area contributed by atoms with Crippen LogP contribution in [0.25, 0.3) is 0 Å². The summed E-state index contributed by atoms with van der Waals surface area (Å²) in [6, 6.07) is 23.5. The standard InChI is InChI=1S/C30H37N3O4S/c1-5-24(4)31-30(35)28(6-2)32(21-25-16-14-13-15-23(25)3)29(34)22-33(26-17-9-7-10-18-26)38(36,37)27-19-11-8-12-20-27/h7-20,24,28H,5-6,21-22H2,1-4H3,(H,31,35). The molecule has 2 amide bonds. The van der Waals surface area contributed by atoms with Crippen LogP contribution in [0.2, 0.25) is 0 Å². The molecule has 202 valence electrons. The van der Waals surface area contributed by atoms with E-state index in [2.05, 4.69) is 5.32 Å². The summed E-state index contributed by atoms with van der Waals surface area (Å²) in [5.41, 5.74) is 2.25. The van der Waals surface area contributed by atoms with E-state index in [-0.39, 0.29) is 23.4 Å². The first kappa shape index (κ1) is 28.9. The van der Waals surface area contributed by atoms with Crippen LogP contribution in [0.15, 0.2) is 89.8 Å². The smallest absolute Gasteiger partial charge is 0.264 e. The molecule has 38 heavy (non-hydrogen) atoms. The Kier molecular flexibility index (Phi) is 10.1. The first-order chi connectivity index (χ1) is 18.2. The van der Waals surface area contributed by atoms with Crippen LogP contribution >= 0.6 is 0 Å². The number of nitrogens with one attached hydrogen (secondary N) is 1. The number of hydrogen-bond donors (Lipinski definition) is 1. The lowest BCUT2D eigenvalue weighted by Crippen LogP contribution is -2.53. The van der Waals surface area contributed by atoms with Crippen molar-refractivity contribution in [3.63, 3.8) is 0 Å². The van der Waals surface area contributed by atoms with Crippen LogP contribution in [0.5, 0.6) is 0 Å². The van der Waals surface area contributed by atoms with Gasteiger partial charge < -0.3 is 10.2 Å². The van der Waals surface area contributed by atoms with Crippen molar-refractivity contribution < 1.29 is 18.0 Å². The summed E-state index contributed by atoms with van der Waals surface area (Å²) in [4.78, 5) is 28.9. The summed E-state index contributed by atoms with van der Waals surface area (Å²) in [6.07, 6.45) is 1.14. The van der Waals surface area contributed by atoms with E-state index in [0.29, 0.717) is 12.1 Å². The number of nitrogens with zero attached hydrogens (tertiary/aromatic N) is 2. The third kappa shape index (κ3) is 7.01. The largest absolute Gasteiger partial charge is 0.352 e. The van der Waals surface area contributed by atoms with Crippen molar-refractivity contribution in [2.24, 2.45) is 0 Å². The third-order valence-corrected chi connectivity index (χ3v) is 8.43. The summed E-state index contributed by atoms with van der Waals surface area (Å²) in [7, 11) is -4.05. The number of anilines is 1. The highest BCUT2D eigenvalue weighted by Gasteiger charge is 2.34. The molecule has 7 nitrogen and oxygen atoms in total. The molecule has 0 aliphatic carbocycles. The number of sulfonamides is 1. The molecular weight excluding hydrogens is 498 g/mol. The fraction of sp³-hybridized carbons (Fsp3) is 0.333. The summed E-state index contributed by atoms with van der Waals surface area (Å²) in [5.74, 6) is -0.705. The molecule has 0 aliphatic heterocycles. The number of amides is 2. The lowest BCUT2D eigenvalue weighted by molar-refractivity contribution is -0.140. The average molecular weight is 536 g/mol. The topological polar surface area (TPSA) is 86.8 Å². The summed E-state index contributed by atoms with van der Waals surface area (Å²) in [6.45, 7) is 7.45. The van der Waals surface area contributed by atoms with Crippen LogP contribution in [-0.4, -0.2) is 43.8 Å². The number of carbonyl (C=O) groups is 2. The van der Waals surface area contributed by atoms with E-state index >= 15 is 0 Å². The van der Waals surface area contributed by atoms with E-state index in [1.54, 1.807) is 48.5 Å². The second-order valence-electron chi connectivity index (χ2n) is 9.35. The Morgan fingerprint density at radius 1 is 0.842 bits per heavy atom. The van der Waals surface area contributed by atoms with Crippen molar-refractivity contribution in [2.75, 3.05) is 10.8 Å². The normalized spacial score (nSPS) is 12.8. The molecule has 0 bridgehead atoms. The molecule has 3 aromatic carbocycles. The lowest BCUT2D eigenvalue weighted by atomic mass is 10.1. The number of hydrogen-bond acceptors (Lipinski definition) is 4. The van der Waals surface area contributed by atoms with Crippen molar-refractivity contribution in [3.8, 4) is 0 Å². The van der Waals surface area contributed by atoms with Gasteiger partial charge >= 0.3 is 0 Å². The monoisotopic (exact) mass is 535 g/mol. The van der Waals surface area contributed by atoms with Gasteiger partial charge in [-0.25, -0.2) is 8.42 Å². The van der Waals surface area contributed by atoms with Gasteiger partial charge in [0.05, 0.1) is 10.6 Å². The molecule has 2 unspecified atom stereocenters. The van der Waals surface area contributed by atoms with Gasteiger partial charge in [-0.15, -0.1) is 0 Å². The van der Waals surface area contributed by atoms with Crippen LogP contribution in [-0.2, 0) is 26.2 Å². The highest BCUT2D eigenvalue weighted by Crippen LogP contribution is 2.25. The van der Waals surface area contributed by atoms with Gasteiger partial charge in [-0.1, -0.05) is 74.5 Å².